The van der Waals surface area contributed by atoms with E-state index in [2.05, 4.69) is 42.0 Å². The molecular formula is C21H25N6OS2-. The molecule has 0 unspecified atom stereocenters. The van der Waals surface area contributed by atoms with E-state index in [1.807, 2.05) is 6.07 Å². The van der Waals surface area contributed by atoms with Crippen LogP contribution in [0.4, 0.5) is 5.69 Å². The number of nitrogen functional groups attached to an aromatic ring is 1. The molecule has 0 aliphatic heterocycles. The van der Waals surface area contributed by atoms with Crippen molar-refractivity contribution in [2.45, 2.75) is 30.4 Å². The Bertz CT molecular complexity index is 1320. The van der Waals surface area contributed by atoms with Crippen molar-refractivity contribution in [1.29, 1.82) is 0 Å². The molecule has 0 amide bonds. The maximum absolute atomic E-state index is 6.60. The summed E-state index contributed by atoms with van der Waals surface area (Å²) in [6.07, 6.45) is 1.79. The first kappa shape index (κ1) is 20.8. The summed E-state index contributed by atoms with van der Waals surface area (Å²) in [7, 11) is 2.98. The lowest BCUT2D eigenvalue weighted by Crippen LogP contribution is -2.13. The van der Waals surface area contributed by atoms with Crippen LogP contribution in [0.25, 0.3) is 32.6 Å². The molecule has 0 radical (unpaired) electrons. The molecule has 0 aliphatic carbocycles. The van der Waals surface area contributed by atoms with Crippen molar-refractivity contribution >= 4 is 48.7 Å². The van der Waals surface area contributed by atoms with Crippen LogP contribution in [0.5, 0.6) is 0 Å². The van der Waals surface area contributed by atoms with Crippen LogP contribution in [0.1, 0.15) is 26.3 Å². The summed E-state index contributed by atoms with van der Waals surface area (Å²) >= 11 is 1.57. The predicted molar refractivity (Wildman–Crippen MR) is 125 cm³/mol. The highest BCUT2D eigenvalue weighted by molar-refractivity contribution is 7.88. The third-order valence-electron chi connectivity index (χ3n) is 4.85. The lowest BCUT2D eigenvalue weighted by Gasteiger charge is -2.22. The lowest BCUT2D eigenvalue weighted by molar-refractivity contribution is 0.218. The van der Waals surface area contributed by atoms with Gasteiger partial charge in [0.05, 0.1) is 5.69 Å². The Labute approximate surface area is 181 Å². The van der Waals surface area contributed by atoms with Crippen LogP contribution >= 0.6 is 11.3 Å². The number of hydrogen-bond acceptors (Lipinski definition) is 8. The van der Waals surface area contributed by atoms with Crippen molar-refractivity contribution in [3.63, 3.8) is 0 Å². The number of ether oxygens (including phenoxy) is 1. The first-order valence-corrected chi connectivity index (χ1v) is 11.8. The van der Waals surface area contributed by atoms with Gasteiger partial charge in [-0.05, 0) is 23.1 Å². The number of methoxy groups -OCH3 is 1. The Morgan fingerprint density at radius 2 is 2.03 bits per heavy atom. The molecular weight excluding hydrogens is 416 g/mol. The second kappa shape index (κ2) is 7.67. The normalized spacial score (nSPS) is 12.4. The number of pyridine rings is 2. The summed E-state index contributed by atoms with van der Waals surface area (Å²) in [5, 5.41) is 9.62. The van der Waals surface area contributed by atoms with Crippen molar-refractivity contribution < 1.29 is 4.74 Å². The van der Waals surface area contributed by atoms with Crippen LogP contribution in [0.2, 0.25) is 0 Å². The minimum atomic E-state index is -0.484. The van der Waals surface area contributed by atoms with Crippen LogP contribution in [0.15, 0.2) is 22.5 Å². The summed E-state index contributed by atoms with van der Waals surface area (Å²) in [6, 6.07) is 4.08. The number of nitrogens with two attached hydrogens (primary N) is 1. The van der Waals surface area contributed by atoms with Gasteiger partial charge in [0.2, 0.25) is 5.65 Å². The molecule has 0 aliphatic rings. The molecule has 4 aromatic rings. The van der Waals surface area contributed by atoms with Gasteiger partial charge in [0.25, 0.3) is 0 Å². The van der Waals surface area contributed by atoms with Gasteiger partial charge in [-0.2, -0.15) is 9.90 Å². The van der Waals surface area contributed by atoms with Gasteiger partial charge in [-0.3, -0.25) is 0 Å². The number of nitrogens with zero attached hydrogens (tertiary/aromatic N) is 5. The predicted octanol–water partition coefficient (Wildman–Crippen LogP) is 3.73. The maximum Gasteiger partial charge on any atom is 0.201 e. The monoisotopic (exact) mass is 441 g/mol. The highest BCUT2D eigenvalue weighted by Crippen LogP contribution is 2.42. The molecule has 7 nitrogen and oxygen atoms in total. The number of thiophene rings is 1. The lowest BCUT2D eigenvalue weighted by atomic mass is 9.84. The van der Waals surface area contributed by atoms with Gasteiger partial charge in [0, 0.05) is 43.6 Å². The summed E-state index contributed by atoms with van der Waals surface area (Å²) in [6.45, 7) is 7.14. The number of fused-ring (bicyclic) bond motifs is 2. The molecule has 4 aromatic heterocycles. The first-order chi connectivity index (χ1) is 14.2. The Morgan fingerprint density at radius 3 is 2.73 bits per heavy atom. The Balaban J connectivity index is 1.92. The fraction of sp³-hybridized carbons (Fsp3) is 0.381. The molecule has 4 rings (SSSR count). The molecule has 158 valence electrons. The average Bonchev–Trinajstić information content (AvgIpc) is 3.23. The first-order valence-electron chi connectivity index (χ1n) is 9.54. The quantitative estimate of drug-likeness (QED) is 0.487. The maximum atomic E-state index is 6.60. The van der Waals surface area contributed by atoms with Crippen molar-refractivity contribution in [2.75, 3.05) is 25.2 Å². The molecule has 0 saturated heterocycles. The third-order valence-corrected chi connectivity index (χ3v) is 7.94. The fourth-order valence-corrected chi connectivity index (χ4v) is 6.04. The van der Waals surface area contributed by atoms with Crippen molar-refractivity contribution in [1.82, 2.24) is 25.0 Å². The molecule has 0 aromatic carbocycles. The SMILES string of the molecule is C#[S-](CCOC)c1sc2nc(-c3cnc4nn(C)nc4c3)cc(C(C)(C)C)c2c1N. The standard InChI is InChI=1S/C21H25N6OS2/c1-21(2,3)13-10-14(12-9-15-18(23-11-12)26-27(4)25-15)24-19-16(13)17(22)20(29-19)30(6)8-7-28-5/h6,9-11H,7-8,22H2,1-5H3/q-1. The average molecular weight is 442 g/mol. The Kier molecular flexibility index (Phi) is 5.32. The molecule has 0 fully saturated rings. The number of hydrogen-bond donors (Lipinski definition) is 1. The zero-order chi connectivity index (χ0) is 21.6. The van der Waals surface area contributed by atoms with E-state index in [1.54, 1.807) is 31.7 Å². The van der Waals surface area contributed by atoms with Crippen LogP contribution in [0.3, 0.4) is 0 Å². The van der Waals surface area contributed by atoms with Crippen LogP contribution < -0.4 is 5.73 Å². The minimum absolute atomic E-state index is 0.119. The minimum Gasteiger partial charge on any atom is -0.416 e. The number of aryl methyl sites for hydroxylation is 1. The van der Waals surface area contributed by atoms with E-state index in [-0.39, 0.29) is 5.41 Å². The Morgan fingerprint density at radius 1 is 1.27 bits per heavy atom. The molecule has 30 heavy (non-hydrogen) atoms. The molecule has 0 bridgehead atoms. The second-order valence-electron chi connectivity index (χ2n) is 8.17. The van der Waals surface area contributed by atoms with E-state index in [9.17, 15) is 0 Å². The molecule has 9 heteroatoms. The number of anilines is 1. The van der Waals surface area contributed by atoms with Gasteiger partial charge in [-0.15, -0.1) is 22.2 Å². The molecule has 0 spiro atoms. The second-order valence-corrected chi connectivity index (χ2v) is 11.1. The highest BCUT2D eigenvalue weighted by atomic mass is 32.2. The number of rotatable bonds is 3. The van der Waals surface area contributed by atoms with E-state index in [0.29, 0.717) is 12.3 Å². The van der Waals surface area contributed by atoms with Crippen LogP contribution in [-0.4, -0.2) is 44.4 Å². The topological polar surface area (TPSA) is 91.7 Å². The molecule has 4 heterocycles. The largest absolute Gasteiger partial charge is 0.416 e. The van der Waals surface area contributed by atoms with Gasteiger partial charge in [0.15, 0.2) is 0 Å². The smallest absolute Gasteiger partial charge is 0.201 e. The van der Waals surface area contributed by atoms with Crippen molar-refractivity contribution in [2.24, 2.45) is 7.05 Å². The number of aromatic nitrogens is 5. The van der Waals surface area contributed by atoms with Gasteiger partial charge in [-0.1, -0.05) is 25.0 Å². The van der Waals surface area contributed by atoms with E-state index in [0.717, 1.165) is 48.2 Å². The van der Waals surface area contributed by atoms with Gasteiger partial charge < -0.3 is 26.5 Å². The highest BCUT2D eigenvalue weighted by Gasteiger charge is 2.23. The summed E-state index contributed by atoms with van der Waals surface area (Å²) in [5.41, 5.74) is 17.9. The van der Waals surface area contributed by atoms with Gasteiger partial charge in [-0.25, -0.2) is 9.97 Å². The Hall–Kier alpha value is -2.45. The van der Waals surface area contributed by atoms with Gasteiger partial charge >= 0.3 is 0 Å². The molecule has 0 atom stereocenters. The van der Waals surface area contributed by atoms with E-state index in [4.69, 9.17) is 21.1 Å². The fourth-order valence-electron chi connectivity index (χ4n) is 3.35. The molecule has 0 saturated carbocycles. The van der Waals surface area contributed by atoms with Crippen molar-refractivity contribution in [3.05, 3.63) is 23.9 Å². The summed E-state index contributed by atoms with van der Waals surface area (Å²) in [4.78, 5) is 11.8. The third kappa shape index (κ3) is 3.70. The van der Waals surface area contributed by atoms with Crippen molar-refractivity contribution in [3.8, 4) is 16.9 Å². The molecule has 2 N–H and O–H groups in total. The van der Waals surface area contributed by atoms with E-state index in [1.165, 1.54) is 4.80 Å². The van der Waals surface area contributed by atoms with Crippen LogP contribution in [0, 0.1) is 5.69 Å². The summed E-state index contributed by atoms with van der Waals surface area (Å²) < 4.78 is 6.18. The van der Waals surface area contributed by atoms with E-state index < -0.39 is 10.3 Å². The van der Waals surface area contributed by atoms with Crippen LogP contribution in [-0.2, 0) is 27.5 Å². The zero-order valence-corrected chi connectivity index (χ0v) is 19.4. The summed E-state index contributed by atoms with van der Waals surface area (Å²) in [5.74, 6) is 0.735. The van der Waals surface area contributed by atoms with E-state index >= 15 is 0 Å². The van der Waals surface area contributed by atoms with Gasteiger partial charge in [0.1, 0.15) is 10.3 Å². The zero-order valence-electron chi connectivity index (χ0n) is 17.8.